The largest absolute Gasteiger partial charge is 0.494 e. The van der Waals surface area contributed by atoms with Crippen molar-refractivity contribution in [1.29, 1.82) is 0 Å². The lowest BCUT2D eigenvalue weighted by molar-refractivity contribution is 0.383. The molecule has 0 radical (unpaired) electrons. The van der Waals surface area contributed by atoms with Gasteiger partial charge in [0.25, 0.3) is 0 Å². The van der Waals surface area contributed by atoms with E-state index in [1.54, 1.807) is 30.3 Å². The average Bonchev–Trinajstić information content (AvgIpc) is 2.41. The normalized spacial score (nSPS) is 12.3. The highest BCUT2D eigenvalue weighted by Crippen LogP contribution is 2.34. The van der Waals surface area contributed by atoms with Gasteiger partial charge in [0.1, 0.15) is 0 Å². The van der Waals surface area contributed by atoms with Crippen LogP contribution in [0.1, 0.15) is 17.2 Å². The van der Waals surface area contributed by atoms with Gasteiger partial charge in [-0.25, -0.2) is 4.39 Å². The molecular weight excluding hydrogens is 333 g/mol. The molecule has 1 atom stereocenters. The molecule has 0 fully saturated rings. The van der Waals surface area contributed by atoms with Gasteiger partial charge in [-0.1, -0.05) is 35.9 Å². The Morgan fingerprint density at radius 2 is 1.84 bits per heavy atom. The molecule has 2 aromatic rings. The van der Waals surface area contributed by atoms with Gasteiger partial charge in [0.2, 0.25) is 0 Å². The van der Waals surface area contributed by atoms with Crippen molar-refractivity contribution in [3.63, 3.8) is 0 Å². The topological polar surface area (TPSA) is 35.2 Å². The van der Waals surface area contributed by atoms with Gasteiger partial charge in [0, 0.05) is 10.0 Å². The van der Waals surface area contributed by atoms with Crippen molar-refractivity contribution in [2.45, 2.75) is 6.04 Å². The molecule has 0 aliphatic heterocycles. The summed E-state index contributed by atoms with van der Waals surface area (Å²) < 4.78 is 19.9. The predicted molar refractivity (Wildman–Crippen MR) is 78.1 cm³/mol. The van der Waals surface area contributed by atoms with Crippen molar-refractivity contribution in [2.24, 2.45) is 5.73 Å². The maximum atomic E-state index is 14.2. The highest BCUT2D eigenvalue weighted by molar-refractivity contribution is 9.10. The molecule has 0 saturated carbocycles. The molecule has 0 aliphatic carbocycles. The minimum absolute atomic E-state index is 0.166. The number of methoxy groups -OCH3 is 1. The number of ether oxygens (including phenoxy) is 1. The van der Waals surface area contributed by atoms with Crippen LogP contribution >= 0.6 is 27.5 Å². The zero-order valence-electron chi connectivity index (χ0n) is 10.2. The summed E-state index contributed by atoms with van der Waals surface area (Å²) in [5.41, 5.74) is 7.11. The number of hydrogen-bond acceptors (Lipinski definition) is 2. The van der Waals surface area contributed by atoms with E-state index in [1.165, 1.54) is 7.11 Å². The van der Waals surface area contributed by atoms with Crippen molar-refractivity contribution < 1.29 is 9.13 Å². The van der Waals surface area contributed by atoms with Crippen molar-refractivity contribution in [3.05, 3.63) is 62.8 Å². The van der Waals surface area contributed by atoms with Crippen LogP contribution in [0.2, 0.25) is 5.02 Å². The van der Waals surface area contributed by atoms with Gasteiger partial charge in [-0.2, -0.15) is 0 Å². The SMILES string of the molecule is COc1cccc(C(N)c2cccc(Br)c2Cl)c1F. The fraction of sp³-hybridized carbons (Fsp3) is 0.143. The first-order valence-electron chi connectivity index (χ1n) is 5.58. The third-order valence-electron chi connectivity index (χ3n) is 2.86. The molecule has 0 aromatic heterocycles. The zero-order chi connectivity index (χ0) is 14.0. The summed E-state index contributed by atoms with van der Waals surface area (Å²) in [4.78, 5) is 0. The van der Waals surface area contributed by atoms with Crippen LogP contribution in [0.15, 0.2) is 40.9 Å². The van der Waals surface area contributed by atoms with Crippen molar-refractivity contribution in [2.75, 3.05) is 7.11 Å². The Balaban J connectivity index is 2.50. The number of benzene rings is 2. The summed E-state index contributed by atoms with van der Waals surface area (Å²) in [6.07, 6.45) is 0. The van der Waals surface area contributed by atoms with Crippen LogP contribution in [0.5, 0.6) is 5.75 Å². The molecular formula is C14H12BrClFNO. The van der Waals surface area contributed by atoms with Crippen LogP contribution in [0, 0.1) is 5.82 Å². The van der Waals surface area contributed by atoms with E-state index in [9.17, 15) is 4.39 Å². The second kappa shape index (κ2) is 5.90. The summed E-state index contributed by atoms with van der Waals surface area (Å²) in [7, 11) is 1.42. The molecule has 1 unspecified atom stereocenters. The fourth-order valence-corrected chi connectivity index (χ4v) is 2.48. The summed E-state index contributed by atoms with van der Waals surface area (Å²) in [6, 6.07) is 9.61. The van der Waals surface area contributed by atoms with E-state index in [1.807, 2.05) is 6.07 Å². The van der Waals surface area contributed by atoms with Gasteiger partial charge in [0.15, 0.2) is 11.6 Å². The van der Waals surface area contributed by atoms with Gasteiger partial charge < -0.3 is 10.5 Å². The Kier molecular flexibility index (Phi) is 4.45. The molecule has 0 heterocycles. The van der Waals surface area contributed by atoms with Gasteiger partial charge in [-0.3, -0.25) is 0 Å². The highest BCUT2D eigenvalue weighted by Gasteiger charge is 2.19. The standard InChI is InChI=1S/C14H12BrClFNO/c1-19-11-7-3-5-9(13(11)17)14(18)8-4-2-6-10(15)12(8)16/h2-7,14H,18H2,1H3. The van der Waals surface area contributed by atoms with Crippen molar-refractivity contribution in [3.8, 4) is 5.75 Å². The van der Waals surface area contributed by atoms with Crippen LogP contribution in [-0.4, -0.2) is 7.11 Å². The van der Waals surface area contributed by atoms with E-state index in [4.69, 9.17) is 22.1 Å². The molecule has 2 N–H and O–H groups in total. The molecule has 0 amide bonds. The highest BCUT2D eigenvalue weighted by atomic mass is 79.9. The van der Waals surface area contributed by atoms with E-state index in [-0.39, 0.29) is 5.75 Å². The van der Waals surface area contributed by atoms with E-state index in [0.29, 0.717) is 16.1 Å². The molecule has 0 spiro atoms. The van der Waals surface area contributed by atoms with Gasteiger partial charge >= 0.3 is 0 Å². The Morgan fingerprint density at radius 1 is 1.21 bits per heavy atom. The van der Waals surface area contributed by atoms with Crippen LogP contribution in [-0.2, 0) is 0 Å². The Hall–Kier alpha value is -1.10. The smallest absolute Gasteiger partial charge is 0.170 e. The second-order valence-corrected chi connectivity index (χ2v) is 5.22. The summed E-state index contributed by atoms with van der Waals surface area (Å²) in [6.45, 7) is 0. The molecule has 100 valence electrons. The molecule has 0 aliphatic rings. The summed E-state index contributed by atoms with van der Waals surface area (Å²) >= 11 is 9.51. The lowest BCUT2D eigenvalue weighted by atomic mass is 9.99. The quantitative estimate of drug-likeness (QED) is 0.901. The minimum Gasteiger partial charge on any atom is -0.494 e. The van der Waals surface area contributed by atoms with Crippen LogP contribution in [0.25, 0.3) is 0 Å². The maximum Gasteiger partial charge on any atom is 0.170 e. The predicted octanol–water partition coefficient (Wildman–Crippen LogP) is 4.30. The molecule has 5 heteroatoms. The van der Waals surface area contributed by atoms with Gasteiger partial charge in [0.05, 0.1) is 18.2 Å². The number of nitrogens with two attached hydrogens (primary N) is 1. The Bertz CT molecular complexity index is 606. The van der Waals surface area contributed by atoms with Crippen LogP contribution < -0.4 is 10.5 Å². The minimum atomic E-state index is -0.653. The lowest BCUT2D eigenvalue weighted by Gasteiger charge is -2.16. The maximum absolute atomic E-state index is 14.2. The van der Waals surface area contributed by atoms with E-state index >= 15 is 0 Å². The fourth-order valence-electron chi connectivity index (χ4n) is 1.85. The number of halogens is 3. The van der Waals surface area contributed by atoms with Gasteiger partial charge in [-0.05, 0) is 33.6 Å². The second-order valence-electron chi connectivity index (χ2n) is 3.98. The first kappa shape index (κ1) is 14.3. The van der Waals surface area contributed by atoms with Gasteiger partial charge in [-0.15, -0.1) is 0 Å². The molecule has 0 bridgehead atoms. The molecule has 19 heavy (non-hydrogen) atoms. The first-order chi connectivity index (χ1) is 9.06. The van der Waals surface area contributed by atoms with Crippen LogP contribution in [0.3, 0.4) is 0 Å². The Morgan fingerprint density at radius 3 is 2.53 bits per heavy atom. The first-order valence-corrected chi connectivity index (χ1v) is 6.75. The number of rotatable bonds is 3. The van der Waals surface area contributed by atoms with Crippen molar-refractivity contribution >= 4 is 27.5 Å². The molecule has 2 rings (SSSR count). The zero-order valence-corrected chi connectivity index (χ0v) is 12.5. The van der Waals surface area contributed by atoms with E-state index < -0.39 is 11.9 Å². The third kappa shape index (κ3) is 2.76. The lowest BCUT2D eigenvalue weighted by Crippen LogP contribution is -2.14. The molecule has 0 saturated heterocycles. The Labute approximate surface area is 124 Å². The average molecular weight is 345 g/mol. The van der Waals surface area contributed by atoms with Crippen LogP contribution in [0.4, 0.5) is 4.39 Å². The monoisotopic (exact) mass is 343 g/mol. The molecule has 2 nitrogen and oxygen atoms in total. The third-order valence-corrected chi connectivity index (χ3v) is 4.18. The van der Waals surface area contributed by atoms with E-state index in [2.05, 4.69) is 15.9 Å². The van der Waals surface area contributed by atoms with Crippen molar-refractivity contribution in [1.82, 2.24) is 0 Å². The summed E-state index contributed by atoms with van der Waals surface area (Å²) in [5, 5.41) is 0.484. The van der Waals surface area contributed by atoms with E-state index in [0.717, 1.165) is 4.47 Å². The number of hydrogen-bond donors (Lipinski definition) is 1. The molecule has 2 aromatic carbocycles. The summed E-state index contributed by atoms with van der Waals surface area (Å²) in [5.74, 6) is -0.299.